The second-order valence-corrected chi connectivity index (χ2v) is 4.44. The molecular formula is C8H3Br2NO4. The number of nitrogens with one attached hydrogen (secondary N) is 1. The van der Waals surface area contributed by atoms with E-state index >= 15 is 0 Å². The minimum absolute atomic E-state index is 0.0159. The van der Waals surface area contributed by atoms with E-state index in [2.05, 4.69) is 31.9 Å². The Morgan fingerprint density at radius 3 is 2.00 bits per heavy atom. The summed E-state index contributed by atoms with van der Waals surface area (Å²) in [5.41, 5.74) is -0.199. The van der Waals surface area contributed by atoms with Crippen LogP contribution in [0.1, 0.15) is 20.7 Å². The molecule has 0 aromatic heterocycles. The summed E-state index contributed by atoms with van der Waals surface area (Å²) in [6.45, 7) is 0. The van der Waals surface area contributed by atoms with Gasteiger partial charge in [0.1, 0.15) is 0 Å². The van der Waals surface area contributed by atoms with Crippen LogP contribution in [0.15, 0.2) is 8.95 Å². The van der Waals surface area contributed by atoms with E-state index in [1.165, 1.54) is 0 Å². The van der Waals surface area contributed by atoms with Crippen LogP contribution >= 0.6 is 31.9 Å². The predicted molar refractivity (Wildman–Crippen MR) is 57.0 cm³/mol. The first-order chi connectivity index (χ1) is 6.95. The van der Waals surface area contributed by atoms with Gasteiger partial charge < -0.3 is 10.2 Å². The third-order valence-corrected chi connectivity index (χ3v) is 4.11. The first-order valence-corrected chi connectivity index (χ1v) is 5.32. The zero-order valence-corrected chi connectivity index (χ0v) is 10.1. The van der Waals surface area contributed by atoms with Crippen LogP contribution in [0.3, 0.4) is 0 Å². The van der Waals surface area contributed by atoms with Gasteiger partial charge in [-0.1, -0.05) is 0 Å². The highest BCUT2D eigenvalue weighted by Gasteiger charge is 2.35. The molecule has 1 aromatic rings. The number of carbonyl (C=O) groups excluding carboxylic acids is 2. The summed E-state index contributed by atoms with van der Waals surface area (Å²) in [6, 6.07) is 0. The molecule has 0 fully saturated rings. The highest BCUT2D eigenvalue weighted by atomic mass is 79.9. The van der Waals surface area contributed by atoms with Gasteiger partial charge in [0, 0.05) is 4.47 Å². The summed E-state index contributed by atoms with van der Waals surface area (Å²) in [5, 5.41) is 21.0. The average Bonchev–Trinajstić information content (AvgIpc) is 2.47. The van der Waals surface area contributed by atoms with Crippen molar-refractivity contribution in [3.05, 3.63) is 20.1 Å². The number of rotatable bonds is 0. The predicted octanol–water partition coefficient (Wildman–Crippen LogP) is 1.51. The maximum absolute atomic E-state index is 11.3. The van der Waals surface area contributed by atoms with Crippen LogP contribution in [0.4, 0.5) is 0 Å². The van der Waals surface area contributed by atoms with Crippen molar-refractivity contribution >= 4 is 43.7 Å². The van der Waals surface area contributed by atoms with Crippen molar-refractivity contribution in [3.8, 4) is 11.5 Å². The molecule has 0 saturated heterocycles. The number of amides is 2. The number of phenolic OH excluding ortho intramolecular Hbond substituents is 2. The molecule has 0 aliphatic carbocycles. The maximum atomic E-state index is 11.3. The van der Waals surface area contributed by atoms with E-state index in [4.69, 9.17) is 0 Å². The average molecular weight is 337 g/mol. The van der Waals surface area contributed by atoms with E-state index in [0.717, 1.165) is 0 Å². The van der Waals surface area contributed by atoms with Gasteiger partial charge in [0.15, 0.2) is 11.5 Å². The Labute approximate surface area is 100 Å². The molecule has 0 radical (unpaired) electrons. The van der Waals surface area contributed by atoms with Crippen molar-refractivity contribution in [2.24, 2.45) is 0 Å². The first-order valence-electron chi connectivity index (χ1n) is 3.73. The van der Waals surface area contributed by atoms with Crippen LogP contribution in [0.25, 0.3) is 0 Å². The molecule has 0 atom stereocenters. The molecule has 15 heavy (non-hydrogen) atoms. The molecule has 1 aliphatic rings. The monoisotopic (exact) mass is 335 g/mol. The summed E-state index contributed by atoms with van der Waals surface area (Å²) in [7, 11) is 0. The van der Waals surface area contributed by atoms with Crippen LogP contribution in [0.5, 0.6) is 11.5 Å². The zero-order chi connectivity index (χ0) is 11.3. The molecule has 1 aliphatic heterocycles. The van der Waals surface area contributed by atoms with Crippen LogP contribution in [0, 0.1) is 0 Å². The molecular weight excluding hydrogens is 334 g/mol. The number of carbonyl (C=O) groups is 2. The number of benzene rings is 1. The van der Waals surface area contributed by atoms with Crippen molar-refractivity contribution < 1.29 is 19.8 Å². The highest BCUT2D eigenvalue weighted by molar-refractivity contribution is 9.13. The number of aromatic hydroxyl groups is 2. The van der Waals surface area contributed by atoms with Crippen molar-refractivity contribution in [2.75, 3.05) is 0 Å². The minimum Gasteiger partial charge on any atom is -0.504 e. The number of halogens is 2. The van der Waals surface area contributed by atoms with Gasteiger partial charge in [-0.05, 0) is 31.9 Å². The van der Waals surface area contributed by atoms with Crippen molar-refractivity contribution in [2.45, 2.75) is 0 Å². The molecule has 0 bridgehead atoms. The van der Waals surface area contributed by atoms with E-state index in [9.17, 15) is 19.8 Å². The Morgan fingerprint density at radius 2 is 1.40 bits per heavy atom. The SMILES string of the molecule is O=C1NC(=O)c2c(Br)c(Br)c(O)c(O)c21. The fourth-order valence-corrected chi connectivity index (χ4v) is 2.28. The molecule has 3 N–H and O–H groups in total. The highest BCUT2D eigenvalue weighted by Crippen LogP contribution is 2.45. The normalized spacial score (nSPS) is 14.0. The molecule has 1 heterocycles. The van der Waals surface area contributed by atoms with E-state index in [-0.39, 0.29) is 20.1 Å². The smallest absolute Gasteiger partial charge is 0.262 e. The topological polar surface area (TPSA) is 86.6 Å². The van der Waals surface area contributed by atoms with Crippen LogP contribution in [-0.2, 0) is 0 Å². The Morgan fingerprint density at radius 1 is 0.867 bits per heavy atom. The Kier molecular flexibility index (Phi) is 2.23. The van der Waals surface area contributed by atoms with Crippen molar-refractivity contribution in [3.63, 3.8) is 0 Å². The quantitative estimate of drug-likeness (QED) is 0.495. The van der Waals surface area contributed by atoms with Gasteiger partial charge in [-0.2, -0.15) is 0 Å². The van der Waals surface area contributed by atoms with E-state index in [0.29, 0.717) is 0 Å². The molecule has 2 amide bonds. The van der Waals surface area contributed by atoms with Crippen molar-refractivity contribution in [1.29, 1.82) is 0 Å². The fraction of sp³-hybridized carbons (Fsp3) is 0. The summed E-state index contributed by atoms with van der Waals surface area (Å²) in [5.74, 6) is -2.43. The second kappa shape index (κ2) is 3.21. The van der Waals surface area contributed by atoms with Gasteiger partial charge >= 0.3 is 0 Å². The van der Waals surface area contributed by atoms with E-state index in [1.54, 1.807) is 0 Å². The first kappa shape index (κ1) is 10.4. The molecule has 0 unspecified atom stereocenters. The minimum atomic E-state index is -0.726. The second-order valence-electron chi connectivity index (χ2n) is 2.86. The lowest BCUT2D eigenvalue weighted by molar-refractivity contribution is 0.0878. The lowest BCUT2D eigenvalue weighted by Gasteiger charge is -2.07. The summed E-state index contributed by atoms with van der Waals surface area (Å²) >= 11 is 6.04. The molecule has 2 rings (SSSR count). The Bertz CT molecular complexity index is 467. The Hall–Kier alpha value is -1.08. The van der Waals surface area contributed by atoms with Gasteiger partial charge in [0.05, 0.1) is 15.6 Å². The fourth-order valence-electron chi connectivity index (χ4n) is 1.33. The molecule has 0 spiro atoms. The van der Waals surface area contributed by atoms with Gasteiger partial charge in [-0.15, -0.1) is 0 Å². The number of hydrogen-bond acceptors (Lipinski definition) is 4. The third kappa shape index (κ3) is 1.26. The standard InChI is InChI=1S/C8H3Br2NO4/c9-3-1-2(8(15)11-7(1)14)5(12)6(13)4(3)10/h12-13H,(H,11,14,15). The number of fused-ring (bicyclic) bond motifs is 1. The van der Waals surface area contributed by atoms with Gasteiger partial charge in [0.25, 0.3) is 11.8 Å². The maximum Gasteiger partial charge on any atom is 0.262 e. The van der Waals surface area contributed by atoms with E-state index < -0.39 is 23.3 Å². The number of imide groups is 1. The zero-order valence-electron chi connectivity index (χ0n) is 6.97. The summed E-state index contributed by atoms with van der Waals surface area (Å²) < 4.78 is 0.361. The summed E-state index contributed by atoms with van der Waals surface area (Å²) in [4.78, 5) is 22.6. The van der Waals surface area contributed by atoms with Crippen molar-refractivity contribution in [1.82, 2.24) is 5.32 Å². The third-order valence-electron chi connectivity index (χ3n) is 2.01. The van der Waals surface area contributed by atoms with Crippen LogP contribution in [-0.4, -0.2) is 22.0 Å². The lowest BCUT2D eigenvalue weighted by Crippen LogP contribution is -2.20. The van der Waals surface area contributed by atoms with E-state index in [1.807, 2.05) is 5.32 Å². The van der Waals surface area contributed by atoms with Crippen LogP contribution < -0.4 is 5.32 Å². The molecule has 78 valence electrons. The van der Waals surface area contributed by atoms with Gasteiger partial charge in [0.2, 0.25) is 0 Å². The summed E-state index contributed by atoms with van der Waals surface area (Å²) in [6.07, 6.45) is 0. The Balaban J connectivity index is 2.92. The lowest BCUT2D eigenvalue weighted by atomic mass is 10.1. The molecule has 0 saturated carbocycles. The van der Waals surface area contributed by atoms with Gasteiger partial charge in [-0.3, -0.25) is 14.9 Å². The largest absolute Gasteiger partial charge is 0.504 e. The molecule has 1 aromatic carbocycles. The number of hydrogen-bond donors (Lipinski definition) is 3. The van der Waals surface area contributed by atoms with Crippen LogP contribution in [0.2, 0.25) is 0 Å². The molecule has 5 nitrogen and oxygen atoms in total. The van der Waals surface area contributed by atoms with Gasteiger partial charge in [-0.25, -0.2) is 0 Å². The molecule has 7 heteroatoms. The number of phenols is 2.